The molecule has 5 heteroatoms. The van der Waals surface area contributed by atoms with Crippen LogP contribution in [0.4, 0.5) is 0 Å². The third-order valence-corrected chi connectivity index (χ3v) is 4.54. The first-order valence-corrected chi connectivity index (χ1v) is 6.86. The fourth-order valence-electron chi connectivity index (χ4n) is 2.38. The molecule has 0 bridgehead atoms. The predicted molar refractivity (Wildman–Crippen MR) is 72.7 cm³/mol. The SMILES string of the molecule is Cn1cc([C@@H]2N[C@@H](C(=O)O)CS2)c2ccccc21. The van der Waals surface area contributed by atoms with Gasteiger partial charge in [-0.2, -0.15) is 0 Å². The van der Waals surface area contributed by atoms with Crippen molar-refractivity contribution in [1.29, 1.82) is 0 Å². The van der Waals surface area contributed by atoms with E-state index in [9.17, 15) is 4.79 Å². The van der Waals surface area contributed by atoms with Gasteiger partial charge in [-0.25, -0.2) is 0 Å². The molecule has 0 unspecified atom stereocenters. The Labute approximate surface area is 109 Å². The number of hydrogen-bond acceptors (Lipinski definition) is 3. The van der Waals surface area contributed by atoms with Gasteiger partial charge in [-0.15, -0.1) is 11.8 Å². The minimum atomic E-state index is -0.773. The van der Waals surface area contributed by atoms with E-state index in [1.54, 1.807) is 11.8 Å². The minimum Gasteiger partial charge on any atom is -0.480 e. The molecular formula is C13H14N2O2S. The van der Waals surface area contributed by atoms with Crippen LogP contribution in [0.2, 0.25) is 0 Å². The number of aliphatic carboxylic acids is 1. The van der Waals surface area contributed by atoms with Crippen LogP contribution in [0.25, 0.3) is 10.9 Å². The third kappa shape index (κ3) is 1.79. The summed E-state index contributed by atoms with van der Waals surface area (Å²) in [4.78, 5) is 11.0. The average molecular weight is 262 g/mol. The van der Waals surface area contributed by atoms with Crippen LogP contribution in [-0.4, -0.2) is 27.4 Å². The summed E-state index contributed by atoms with van der Waals surface area (Å²) < 4.78 is 2.08. The van der Waals surface area contributed by atoms with Crippen molar-refractivity contribution in [3.05, 3.63) is 36.0 Å². The molecule has 1 fully saturated rings. The highest BCUT2D eigenvalue weighted by Gasteiger charge is 2.31. The molecule has 4 nitrogen and oxygen atoms in total. The molecule has 1 saturated heterocycles. The van der Waals surface area contributed by atoms with Crippen molar-refractivity contribution in [2.24, 2.45) is 7.05 Å². The van der Waals surface area contributed by atoms with E-state index in [4.69, 9.17) is 5.11 Å². The molecule has 1 aromatic carbocycles. The number of aromatic nitrogens is 1. The molecule has 0 radical (unpaired) electrons. The number of nitrogens with one attached hydrogen (secondary N) is 1. The third-order valence-electron chi connectivity index (χ3n) is 3.29. The summed E-state index contributed by atoms with van der Waals surface area (Å²) >= 11 is 1.65. The highest BCUT2D eigenvalue weighted by Crippen LogP contribution is 2.37. The summed E-state index contributed by atoms with van der Waals surface area (Å²) in [6.45, 7) is 0. The lowest BCUT2D eigenvalue weighted by atomic mass is 10.1. The number of hydrogen-bond donors (Lipinski definition) is 2. The maximum absolute atomic E-state index is 11.0. The highest BCUT2D eigenvalue weighted by atomic mass is 32.2. The number of carbonyl (C=O) groups is 1. The van der Waals surface area contributed by atoms with Crippen LogP contribution < -0.4 is 5.32 Å². The Balaban J connectivity index is 1.98. The first kappa shape index (κ1) is 11.6. The van der Waals surface area contributed by atoms with E-state index in [-0.39, 0.29) is 5.37 Å². The topological polar surface area (TPSA) is 54.3 Å². The second kappa shape index (κ2) is 4.33. The molecule has 2 atom stereocenters. The first-order chi connectivity index (χ1) is 8.66. The molecule has 18 heavy (non-hydrogen) atoms. The summed E-state index contributed by atoms with van der Waals surface area (Å²) in [6, 6.07) is 7.74. The summed E-state index contributed by atoms with van der Waals surface area (Å²) in [5.41, 5.74) is 2.34. The molecule has 1 aliphatic rings. The molecule has 1 aliphatic heterocycles. The van der Waals surface area contributed by atoms with E-state index < -0.39 is 12.0 Å². The number of thioether (sulfide) groups is 1. The maximum atomic E-state index is 11.0. The van der Waals surface area contributed by atoms with Gasteiger partial charge in [0.1, 0.15) is 6.04 Å². The van der Waals surface area contributed by atoms with Crippen LogP contribution >= 0.6 is 11.8 Å². The van der Waals surface area contributed by atoms with E-state index >= 15 is 0 Å². The van der Waals surface area contributed by atoms with Crippen molar-refractivity contribution >= 4 is 28.6 Å². The monoisotopic (exact) mass is 262 g/mol. The molecule has 0 amide bonds. The fourth-order valence-corrected chi connectivity index (χ4v) is 3.63. The van der Waals surface area contributed by atoms with Crippen LogP contribution in [0.1, 0.15) is 10.9 Å². The first-order valence-electron chi connectivity index (χ1n) is 5.81. The molecule has 0 saturated carbocycles. The lowest BCUT2D eigenvalue weighted by Crippen LogP contribution is -2.33. The van der Waals surface area contributed by atoms with Gasteiger partial charge in [0.25, 0.3) is 0 Å². The Hall–Kier alpha value is -1.46. The molecule has 2 N–H and O–H groups in total. The van der Waals surface area contributed by atoms with E-state index in [1.807, 2.05) is 19.2 Å². The van der Waals surface area contributed by atoms with Gasteiger partial charge >= 0.3 is 5.97 Å². The Morgan fingerprint density at radius 2 is 2.28 bits per heavy atom. The second-order valence-electron chi connectivity index (χ2n) is 4.48. The number of aryl methyl sites for hydroxylation is 1. The number of fused-ring (bicyclic) bond motifs is 1. The Kier molecular flexibility index (Phi) is 2.80. The molecule has 0 aliphatic carbocycles. The van der Waals surface area contributed by atoms with Crippen LogP contribution in [0.3, 0.4) is 0 Å². The van der Waals surface area contributed by atoms with E-state index in [1.165, 1.54) is 16.5 Å². The van der Waals surface area contributed by atoms with Crippen molar-refractivity contribution in [2.75, 3.05) is 5.75 Å². The van der Waals surface area contributed by atoms with Crippen molar-refractivity contribution in [2.45, 2.75) is 11.4 Å². The van der Waals surface area contributed by atoms with Gasteiger partial charge in [-0.1, -0.05) is 18.2 Å². The van der Waals surface area contributed by atoms with E-state index in [2.05, 4.69) is 28.2 Å². The lowest BCUT2D eigenvalue weighted by Gasteiger charge is -2.09. The second-order valence-corrected chi connectivity index (χ2v) is 5.62. The van der Waals surface area contributed by atoms with Crippen LogP contribution in [-0.2, 0) is 11.8 Å². The Morgan fingerprint density at radius 1 is 1.50 bits per heavy atom. The van der Waals surface area contributed by atoms with Crippen molar-refractivity contribution in [3.8, 4) is 0 Å². The van der Waals surface area contributed by atoms with Gasteiger partial charge in [-0.3, -0.25) is 10.1 Å². The van der Waals surface area contributed by atoms with Gasteiger partial charge in [0.2, 0.25) is 0 Å². The smallest absolute Gasteiger partial charge is 0.321 e. The van der Waals surface area contributed by atoms with Crippen LogP contribution in [0, 0.1) is 0 Å². The number of nitrogens with zero attached hydrogens (tertiary/aromatic N) is 1. The Morgan fingerprint density at radius 3 is 3.00 bits per heavy atom. The quantitative estimate of drug-likeness (QED) is 0.869. The maximum Gasteiger partial charge on any atom is 0.321 e. The van der Waals surface area contributed by atoms with Crippen molar-refractivity contribution in [1.82, 2.24) is 9.88 Å². The van der Waals surface area contributed by atoms with Crippen LogP contribution in [0.15, 0.2) is 30.5 Å². The predicted octanol–water partition coefficient (Wildman–Crippen LogP) is 1.97. The molecule has 2 aromatic rings. The fraction of sp³-hybridized carbons (Fsp3) is 0.308. The zero-order valence-electron chi connectivity index (χ0n) is 9.96. The number of carboxylic acid groups (broad SMARTS) is 1. The van der Waals surface area contributed by atoms with E-state index in [0.29, 0.717) is 5.75 Å². The van der Waals surface area contributed by atoms with Gasteiger partial charge in [0.05, 0.1) is 5.37 Å². The van der Waals surface area contributed by atoms with E-state index in [0.717, 1.165) is 0 Å². The van der Waals surface area contributed by atoms with Crippen molar-refractivity contribution in [3.63, 3.8) is 0 Å². The number of benzene rings is 1. The largest absolute Gasteiger partial charge is 0.480 e. The number of para-hydroxylation sites is 1. The molecule has 94 valence electrons. The molecule has 0 spiro atoms. The molecular weight excluding hydrogens is 248 g/mol. The summed E-state index contributed by atoms with van der Waals surface area (Å²) in [5, 5.41) is 13.4. The average Bonchev–Trinajstić information content (AvgIpc) is 2.95. The standard InChI is InChI=1S/C13H14N2O2S/c1-15-6-9(8-4-2-3-5-11(8)15)12-14-10(7-18-12)13(16)17/h2-6,10,12,14H,7H2,1H3,(H,16,17)/t10-,12-/m1/s1. The summed E-state index contributed by atoms with van der Waals surface area (Å²) in [7, 11) is 2.01. The highest BCUT2D eigenvalue weighted by molar-refractivity contribution is 7.99. The lowest BCUT2D eigenvalue weighted by molar-refractivity contribution is -0.138. The molecule has 1 aromatic heterocycles. The van der Waals surface area contributed by atoms with Crippen LogP contribution in [0.5, 0.6) is 0 Å². The minimum absolute atomic E-state index is 0.0669. The number of rotatable bonds is 2. The zero-order chi connectivity index (χ0) is 12.7. The van der Waals surface area contributed by atoms with Gasteiger partial charge in [-0.05, 0) is 6.07 Å². The normalized spacial score (nSPS) is 23.6. The van der Waals surface area contributed by atoms with Crippen molar-refractivity contribution < 1.29 is 9.90 Å². The number of carboxylic acids is 1. The van der Waals surface area contributed by atoms with Gasteiger partial charge in [0, 0.05) is 35.5 Å². The molecule has 3 rings (SSSR count). The zero-order valence-corrected chi connectivity index (χ0v) is 10.8. The summed E-state index contributed by atoms with van der Waals surface area (Å²) in [6.07, 6.45) is 2.08. The Bertz CT molecular complexity index is 608. The molecule has 2 heterocycles. The van der Waals surface area contributed by atoms with Gasteiger partial charge < -0.3 is 9.67 Å². The van der Waals surface area contributed by atoms with Gasteiger partial charge in [0.15, 0.2) is 0 Å². The summed E-state index contributed by atoms with van der Waals surface area (Å²) in [5.74, 6) is -0.159.